The van der Waals surface area contributed by atoms with Crippen molar-refractivity contribution in [3.8, 4) is 0 Å². The van der Waals surface area contributed by atoms with E-state index in [2.05, 4.69) is 20.3 Å². The van der Waals surface area contributed by atoms with Crippen LogP contribution in [0.2, 0.25) is 0 Å². The first kappa shape index (κ1) is 5.14. The summed E-state index contributed by atoms with van der Waals surface area (Å²) in [4.78, 5) is 0. The van der Waals surface area contributed by atoms with E-state index in [1.807, 2.05) is 0 Å². The first-order valence-electron chi connectivity index (χ1n) is 3.07. The van der Waals surface area contributed by atoms with Crippen LogP contribution >= 0.6 is 0 Å². The summed E-state index contributed by atoms with van der Waals surface area (Å²) in [5.74, 6) is 0. The molecule has 41 valence electrons. The normalized spacial score (nSPS) is 26.6. The van der Waals surface area contributed by atoms with Crippen molar-refractivity contribution in [2.75, 3.05) is 0 Å². The first-order valence-corrected chi connectivity index (χ1v) is 3.07. The van der Waals surface area contributed by atoms with Crippen LogP contribution in [0.3, 0.4) is 0 Å². The predicted molar refractivity (Wildman–Crippen MR) is 31.9 cm³/mol. The Morgan fingerprint density at radius 3 is 2.00 bits per heavy atom. The van der Waals surface area contributed by atoms with Crippen molar-refractivity contribution in [3.05, 3.63) is 6.42 Å². The highest BCUT2D eigenvalue weighted by molar-refractivity contribution is 4.92. The zero-order chi connectivity index (χ0) is 5.33. The van der Waals surface area contributed by atoms with E-state index in [9.17, 15) is 0 Å². The summed E-state index contributed by atoms with van der Waals surface area (Å²) in [6.07, 6.45) is 6.62. The van der Waals surface area contributed by atoms with E-state index in [-0.39, 0.29) is 0 Å². The molecule has 1 saturated carbocycles. The molecule has 0 bridgehead atoms. The van der Waals surface area contributed by atoms with Gasteiger partial charge in [0.2, 0.25) is 0 Å². The van der Waals surface area contributed by atoms with Crippen molar-refractivity contribution in [1.29, 1.82) is 0 Å². The molecule has 0 N–H and O–H groups in total. The molecule has 0 heterocycles. The Hall–Kier alpha value is 0. The quantitative estimate of drug-likeness (QED) is 0.471. The SMILES string of the molecule is C[CH]C1(C)CCC1. The van der Waals surface area contributed by atoms with E-state index >= 15 is 0 Å². The summed E-state index contributed by atoms with van der Waals surface area (Å²) in [5.41, 5.74) is 0.639. The molecular weight excluding hydrogens is 84.1 g/mol. The highest BCUT2D eigenvalue weighted by Crippen LogP contribution is 2.42. The van der Waals surface area contributed by atoms with Gasteiger partial charge in [0.1, 0.15) is 0 Å². The van der Waals surface area contributed by atoms with Crippen LogP contribution in [0.5, 0.6) is 0 Å². The van der Waals surface area contributed by atoms with E-state index in [1.54, 1.807) is 0 Å². The van der Waals surface area contributed by atoms with Gasteiger partial charge >= 0.3 is 0 Å². The van der Waals surface area contributed by atoms with Crippen LogP contribution in [0.1, 0.15) is 33.1 Å². The summed E-state index contributed by atoms with van der Waals surface area (Å²) in [6, 6.07) is 0. The van der Waals surface area contributed by atoms with Crippen molar-refractivity contribution < 1.29 is 0 Å². The molecule has 0 atom stereocenters. The van der Waals surface area contributed by atoms with Gasteiger partial charge in [-0.05, 0) is 24.7 Å². The monoisotopic (exact) mass is 97.1 g/mol. The zero-order valence-electron chi connectivity index (χ0n) is 5.20. The zero-order valence-corrected chi connectivity index (χ0v) is 5.20. The van der Waals surface area contributed by atoms with Gasteiger partial charge in [-0.15, -0.1) is 0 Å². The Labute approximate surface area is 45.9 Å². The Kier molecular flexibility index (Phi) is 1.10. The van der Waals surface area contributed by atoms with Crippen molar-refractivity contribution in [1.82, 2.24) is 0 Å². The van der Waals surface area contributed by atoms with E-state index in [0.29, 0.717) is 5.41 Å². The fraction of sp³-hybridized carbons (Fsp3) is 0.857. The summed E-state index contributed by atoms with van der Waals surface area (Å²) >= 11 is 0. The third kappa shape index (κ3) is 0.793. The fourth-order valence-electron chi connectivity index (χ4n) is 1.02. The number of hydrogen-bond donors (Lipinski definition) is 0. The first-order chi connectivity index (χ1) is 3.27. The number of hydrogen-bond acceptors (Lipinski definition) is 0. The summed E-state index contributed by atoms with van der Waals surface area (Å²) < 4.78 is 0. The predicted octanol–water partition coefficient (Wildman–Crippen LogP) is 2.40. The summed E-state index contributed by atoms with van der Waals surface area (Å²) in [5, 5.41) is 0. The Balaban J connectivity index is 2.29. The minimum atomic E-state index is 0.639. The van der Waals surface area contributed by atoms with Crippen molar-refractivity contribution >= 4 is 0 Å². The van der Waals surface area contributed by atoms with Crippen LogP contribution in [0.25, 0.3) is 0 Å². The molecule has 0 aromatic heterocycles. The van der Waals surface area contributed by atoms with Crippen LogP contribution in [0, 0.1) is 11.8 Å². The second-order valence-corrected chi connectivity index (χ2v) is 2.80. The van der Waals surface area contributed by atoms with Gasteiger partial charge in [-0.3, -0.25) is 0 Å². The lowest BCUT2D eigenvalue weighted by Crippen LogP contribution is -2.24. The summed E-state index contributed by atoms with van der Waals surface area (Å²) in [6.45, 7) is 4.50. The van der Waals surface area contributed by atoms with Gasteiger partial charge in [0.05, 0.1) is 0 Å². The molecule has 0 spiro atoms. The smallest absolute Gasteiger partial charge is 0.0297 e. The standard InChI is InChI=1S/C7H13/c1-3-7(2)5-4-6-7/h3H,4-6H2,1-2H3. The molecule has 0 aromatic rings. The molecular formula is C7H13. The van der Waals surface area contributed by atoms with Crippen LogP contribution in [0.4, 0.5) is 0 Å². The van der Waals surface area contributed by atoms with Crippen LogP contribution < -0.4 is 0 Å². The minimum Gasteiger partial charge on any atom is -0.0617 e. The molecule has 0 saturated heterocycles. The Morgan fingerprint density at radius 1 is 1.43 bits per heavy atom. The second kappa shape index (κ2) is 1.50. The van der Waals surface area contributed by atoms with E-state index in [0.717, 1.165) is 0 Å². The van der Waals surface area contributed by atoms with E-state index < -0.39 is 0 Å². The number of rotatable bonds is 1. The lowest BCUT2D eigenvalue weighted by molar-refractivity contribution is 0.209. The maximum Gasteiger partial charge on any atom is -0.0297 e. The molecule has 0 aliphatic heterocycles. The van der Waals surface area contributed by atoms with Gasteiger partial charge in [0, 0.05) is 0 Å². The van der Waals surface area contributed by atoms with Crippen LogP contribution in [-0.2, 0) is 0 Å². The molecule has 7 heavy (non-hydrogen) atoms. The Morgan fingerprint density at radius 2 is 2.00 bits per heavy atom. The lowest BCUT2D eigenvalue weighted by Gasteiger charge is -2.36. The lowest BCUT2D eigenvalue weighted by atomic mass is 9.69. The Bertz CT molecular complexity index is 54.9. The van der Waals surface area contributed by atoms with Crippen LogP contribution in [-0.4, -0.2) is 0 Å². The van der Waals surface area contributed by atoms with Gasteiger partial charge in [0.15, 0.2) is 0 Å². The molecule has 1 fully saturated rings. The van der Waals surface area contributed by atoms with Crippen LogP contribution in [0.15, 0.2) is 0 Å². The van der Waals surface area contributed by atoms with Crippen molar-refractivity contribution in [3.63, 3.8) is 0 Å². The molecule has 1 rings (SSSR count). The summed E-state index contributed by atoms with van der Waals surface area (Å²) in [7, 11) is 0. The van der Waals surface area contributed by atoms with Crippen molar-refractivity contribution in [2.45, 2.75) is 33.1 Å². The maximum absolute atomic E-state index is 2.33. The van der Waals surface area contributed by atoms with Gasteiger partial charge in [-0.2, -0.15) is 0 Å². The maximum atomic E-state index is 2.33. The molecule has 0 amide bonds. The highest BCUT2D eigenvalue weighted by Gasteiger charge is 2.29. The average Bonchev–Trinajstić information content (AvgIpc) is 1.61. The molecule has 0 nitrogen and oxygen atoms in total. The molecule has 0 heteroatoms. The largest absolute Gasteiger partial charge is 0.0617 e. The minimum absolute atomic E-state index is 0.639. The van der Waals surface area contributed by atoms with E-state index in [1.165, 1.54) is 19.3 Å². The van der Waals surface area contributed by atoms with Gasteiger partial charge in [0.25, 0.3) is 0 Å². The highest BCUT2D eigenvalue weighted by atomic mass is 14.3. The third-order valence-corrected chi connectivity index (χ3v) is 2.19. The third-order valence-electron chi connectivity index (χ3n) is 2.19. The molecule has 1 aliphatic rings. The topological polar surface area (TPSA) is 0 Å². The molecule has 0 unspecified atom stereocenters. The van der Waals surface area contributed by atoms with E-state index in [4.69, 9.17) is 0 Å². The van der Waals surface area contributed by atoms with Gasteiger partial charge in [-0.1, -0.05) is 20.3 Å². The molecule has 1 aliphatic carbocycles. The molecule has 1 radical (unpaired) electrons. The van der Waals surface area contributed by atoms with Crippen molar-refractivity contribution in [2.24, 2.45) is 5.41 Å². The fourth-order valence-corrected chi connectivity index (χ4v) is 1.02. The second-order valence-electron chi connectivity index (χ2n) is 2.80. The molecule has 0 aromatic carbocycles. The van der Waals surface area contributed by atoms with Gasteiger partial charge < -0.3 is 0 Å². The van der Waals surface area contributed by atoms with Gasteiger partial charge in [-0.25, -0.2) is 0 Å². The average molecular weight is 97.2 g/mol.